The van der Waals surface area contributed by atoms with Gasteiger partial charge in [0.15, 0.2) is 0 Å². The number of ether oxygens (including phenoxy) is 1. The van der Waals surface area contributed by atoms with E-state index in [2.05, 4.69) is 19.9 Å². The highest BCUT2D eigenvalue weighted by molar-refractivity contribution is 7.89. The number of hydrogen-bond acceptors (Lipinski definition) is 6. The Labute approximate surface area is 187 Å². The highest BCUT2D eigenvalue weighted by Crippen LogP contribution is 2.43. The zero-order chi connectivity index (χ0) is 23.4. The number of halogens is 3. The SMILES string of the molecule is O=C(N1CC[C@H](c2ncn[nH]2)C1)N1CC2(C1)CN(S(=O)(=O)c1cccc(OC(F)(F)F)c1)C2. The number of H-pyrrole nitrogens is 1. The molecule has 1 atom stereocenters. The topological polar surface area (TPSA) is 112 Å². The van der Waals surface area contributed by atoms with Crippen LogP contribution in [-0.2, 0) is 10.0 Å². The molecule has 33 heavy (non-hydrogen) atoms. The quantitative estimate of drug-likeness (QED) is 0.703. The summed E-state index contributed by atoms with van der Waals surface area (Å²) in [6, 6.07) is 4.27. The van der Waals surface area contributed by atoms with E-state index in [1.807, 2.05) is 0 Å². The van der Waals surface area contributed by atoms with Crippen molar-refractivity contribution in [2.75, 3.05) is 39.3 Å². The number of carbonyl (C=O) groups excluding carboxylic acids is 1. The van der Waals surface area contributed by atoms with Gasteiger partial charge in [-0.25, -0.2) is 18.2 Å². The predicted octanol–water partition coefficient (Wildman–Crippen LogP) is 1.62. The second-order valence-corrected chi connectivity index (χ2v) is 10.7. The molecule has 1 N–H and O–H groups in total. The van der Waals surface area contributed by atoms with Crippen molar-refractivity contribution < 1.29 is 31.1 Å². The molecule has 2 aromatic rings. The molecule has 0 bridgehead atoms. The maximum atomic E-state index is 12.8. The van der Waals surface area contributed by atoms with Crippen LogP contribution >= 0.6 is 0 Å². The van der Waals surface area contributed by atoms with Gasteiger partial charge < -0.3 is 14.5 Å². The number of carbonyl (C=O) groups is 1. The van der Waals surface area contributed by atoms with Crippen LogP contribution in [0, 0.1) is 5.41 Å². The number of nitrogens with zero attached hydrogens (tertiary/aromatic N) is 5. The fraction of sp³-hybridized carbons (Fsp3) is 0.526. The van der Waals surface area contributed by atoms with Gasteiger partial charge in [0.2, 0.25) is 10.0 Å². The largest absolute Gasteiger partial charge is 0.573 e. The molecular formula is C19H21F3N6O4S. The Morgan fingerprint density at radius 1 is 1.18 bits per heavy atom. The van der Waals surface area contributed by atoms with Gasteiger partial charge in [0, 0.05) is 56.7 Å². The molecule has 4 heterocycles. The number of sulfonamides is 1. The molecule has 1 aromatic heterocycles. The van der Waals surface area contributed by atoms with Gasteiger partial charge in [0.25, 0.3) is 0 Å². The number of hydrogen-bond donors (Lipinski definition) is 1. The van der Waals surface area contributed by atoms with Gasteiger partial charge in [-0.2, -0.15) is 9.40 Å². The lowest BCUT2D eigenvalue weighted by atomic mass is 9.74. The van der Waals surface area contributed by atoms with E-state index in [9.17, 15) is 26.4 Å². The van der Waals surface area contributed by atoms with Crippen molar-refractivity contribution in [2.24, 2.45) is 5.41 Å². The minimum Gasteiger partial charge on any atom is -0.406 e. The number of aromatic nitrogens is 3. The highest BCUT2D eigenvalue weighted by atomic mass is 32.2. The standard InChI is InChI=1S/C19H21F3N6O4S/c20-19(21,22)32-14-2-1-3-15(6-14)33(30,31)28-10-18(11-28)8-27(9-18)17(29)26-5-4-13(7-26)16-23-12-24-25-16/h1-3,6,12-13H,4-5,7-11H2,(H,23,24,25)/t13-/m0/s1. The third-order valence-electron chi connectivity index (χ3n) is 6.30. The Morgan fingerprint density at radius 2 is 1.94 bits per heavy atom. The summed E-state index contributed by atoms with van der Waals surface area (Å²) < 4.78 is 68.0. The fourth-order valence-corrected chi connectivity index (χ4v) is 6.42. The molecule has 5 rings (SSSR count). The van der Waals surface area contributed by atoms with Crippen LogP contribution in [-0.4, -0.2) is 89.4 Å². The summed E-state index contributed by atoms with van der Waals surface area (Å²) in [7, 11) is -3.96. The minimum atomic E-state index is -4.91. The van der Waals surface area contributed by atoms with Gasteiger partial charge in [0.05, 0.1) is 4.90 Å². The van der Waals surface area contributed by atoms with Gasteiger partial charge in [-0.15, -0.1) is 13.2 Å². The zero-order valence-electron chi connectivity index (χ0n) is 17.3. The van der Waals surface area contributed by atoms with Gasteiger partial charge in [-0.05, 0) is 18.6 Å². The maximum Gasteiger partial charge on any atom is 0.573 e. The van der Waals surface area contributed by atoms with E-state index in [-0.39, 0.29) is 35.3 Å². The molecule has 10 nitrogen and oxygen atoms in total. The van der Waals surface area contributed by atoms with E-state index in [0.717, 1.165) is 24.4 Å². The summed E-state index contributed by atoms with van der Waals surface area (Å²) in [5.74, 6) is 0.288. The fourth-order valence-electron chi connectivity index (χ4n) is 4.72. The Balaban J connectivity index is 1.15. The summed E-state index contributed by atoms with van der Waals surface area (Å²) in [5.41, 5.74) is -0.313. The minimum absolute atomic E-state index is 0.0825. The van der Waals surface area contributed by atoms with E-state index in [1.54, 1.807) is 9.80 Å². The molecule has 1 aromatic carbocycles. The summed E-state index contributed by atoms with van der Waals surface area (Å²) >= 11 is 0. The number of amides is 2. The Morgan fingerprint density at radius 3 is 2.61 bits per heavy atom. The molecule has 3 saturated heterocycles. The molecule has 0 aliphatic carbocycles. The van der Waals surface area contributed by atoms with Crippen LogP contribution in [0.25, 0.3) is 0 Å². The Kier molecular flexibility index (Phi) is 5.04. The van der Waals surface area contributed by atoms with Crippen LogP contribution in [0.15, 0.2) is 35.5 Å². The maximum absolute atomic E-state index is 12.8. The van der Waals surface area contributed by atoms with Crippen molar-refractivity contribution >= 4 is 16.1 Å². The van der Waals surface area contributed by atoms with E-state index >= 15 is 0 Å². The molecule has 1 spiro atoms. The van der Waals surface area contributed by atoms with Crippen LogP contribution < -0.4 is 4.74 Å². The normalized spacial score (nSPS) is 22.8. The summed E-state index contributed by atoms with van der Waals surface area (Å²) in [5, 5.41) is 6.68. The number of alkyl halides is 3. The number of aromatic amines is 1. The third-order valence-corrected chi connectivity index (χ3v) is 8.09. The van der Waals surface area contributed by atoms with Crippen LogP contribution in [0.4, 0.5) is 18.0 Å². The van der Waals surface area contributed by atoms with E-state index in [0.29, 0.717) is 26.2 Å². The number of benzene rings is 1. The second kappa shape index (κ2) is 7.58. The smallest absolute Gasteiger partial charge is 0.406 e. The first-order valence-corrected chi connectivity index (χ1v) is 11.7. The van der Waals surface area contributed by atoms with Crippen molar-refractivity contribution in [1.29, 1.82) is 0 Å². The van der Waals surface area contributed by atoms with Gasteiger partial charge in [0.1, 0.15) is 17.9 Å². The Bertz CT molecular complexity index is 1140. The zero-order valence-corrected chi connectivity index (χ0v) is 18.1. The van der Waals surface area contributed by atoms with Crippen molar-refractivity contribution in [2.45, 2.75) is 23.6 Å². The van der Waals surface area contributed by atoms with Crippen molar-refractivity contribution in [1.82, 2.24) is 29.3 Å². The molecule has 0 saturated carbocycles. The lowest BCUT2D eigenvalue weighted by molar-refractivity contribution is -0.274. The van der Waals surface area contributed by atoms with Crippen LogP contribution in [0.3, 0.4) is 0 Å². The molecule has 3 aliphatic heterocycles. The van der Waals surface area contributed by atoms with E-state index < -0.39 is 22.1 Å². The van der Waals surface area contributed by atoms with E-state index in [1.165, 1.54) is 22.8 Å². The average Bonchev–Trinajstić information content (AvgIpc) is 3.36. The predicted molar refractivity (Wildman–Crippen MR) is 107 cm³/mol. The van der Waals surface area contributed by atoms with Gasteiger partial charge in [-0.3, -0.25) is 5.10 Å². The number of urea groups is 1. The van der Waals surface area contributed by atoms with Gasteiger partial charge in [-0.1, -0.05) is 6.07 Å². The summed E-state index contributed by atoms with van der Waals surface area (Å²) in [4.78, 5) is 20.1. The molecule has 0 radical (unpaired) electrons. The van der Waals surface area contributed by atoms with Crippen molar-refractivity contribution in [3.8, 4) is 5.75 Å². The molecule has 2 amide bonds. The molecule has 14 heteroatoms. The van der Waals surface area contributed by atoms with Crippen molar-refractivity contribution in [3.05, 3.63) is 36.4 Å². The van der Waals surface area contributed by atoms with Crippen molar-refractivity contribution in [3.63, 3.8) is 0 Å². The lowest BCUT2D eigenvalue weighted by Gasteiger charge is -2.59. The van der Waals surface area contributed by atoms with Crippen LogP contribution in [0.5, 0.6) is 5.75 Å². The van der Waals surface area contributed by atoms with Crippen LogP contribution in [0.2, 0.25) is 0 Å². The number of nitrogens with one attached hydrogen (secondary N) is 1. The number of likely N-dealkylation sites (tertiary alicyclic amines) is 2. The third kappa shape index (κ3) is 4.12. The lowest BCUT2D eigenvalue weighted by Crippen LogP contribution is -2.74. The molecule has 0 unspecified atom stereocenters. The first kappa shape index (κ1) is 21.9. The average molecular weight is 486 g/mol. The monoisotopic (exact) mass is 486 g/mol. The molecule has 178 valence electrons. The van der Waals surface area contributed by atoms with Gasteiger partial charge >= 0.3 is 12.4 Å². The Hall–Kier alpha value is -2.87. The van der Waals surface area contributed by atoms with Crippen LogP contribution in [0.1, 0.15) is 18.2 Å². The van der Waals surface area contributed by atoms with E-state index in [4.69, 9.17) is 0 Å². The summed E-state index contributed by atoms with van der Waals surface area (Å²) in [6.45, 7) is 2.48. The summed E-state index contributed by atoms with van der Waals surface area (Å²) in [6.07, 6.45) is -2.67. The number of rotatable bonds is 4. The molecule has 3 fully saturated rings. The molecule has 3 aliphatic rings. The molecular weight excluding hydrogens is 465 g/mol. The highest BCUT2D eigenvalue weighted by Gasteiger charge is 2.57. The first-order valence-electron chi connectivity index (χ1n) is 10.3. The first-order chi connectivity index (χ1) is 15.5. The second-order valence-electron chi connectivity index (χ2n) is 8.74.